The number of aromatic nitrogens is 4. The molecule has 0 spiro atoms. The van der Waals surface area contributed by atoms with E-state index < -0.39 is 0 Å². The Morgan fingerprint density at radius 3 is 2.46 bits per heavy atom. The lowest BCUT2D eigenvalue weighted by molar-refractivity contribution is 0.459. The van der Waals surface area contributed by atoms with Crippen molar-refractivity contribution in [1.82, 2.24) is 19.9 Å². The molecule has 2 N–H and O–H groups in total. The van der Waals surface area contributed by atoms with E-state index in [1.165, 1.54) is 12.8 Å². The number of anilines is 1. The SMILES string of the molecule is Cc1cc(N)nc(-c2ccc(Oc3cnc(C4CC4)cn3)cc2)n1. The summed E-state index contributed by atoms with van der Waals surface area (Å²) >= 11 is 0. The zero-order valence-corrected chi connectivity index (χ0v) is 13.3. The highest BCUT2D eigenvalue weighted by atomic mass is 16.5. The van der Waals surface area contributed by atoms with E-state index in [-0.39, 0.29) is 0 Å². The van der Waals surface area contributed by atoms with E-state index in [0.29, 0.717) is 29.2 Å². The van der Waals surface area contributed by atoms with Crippen molar-refractivity contribution in [3.63, 3.8) is 0 Å². The first-order chi connectivity index (χ1) is 11.7. The summed E-state index contributed by atoms with van der Waals surface area (Å²) in [4.78, 5) is 17.4. The fraction of sp³-hybridized carbons (Fsp3) is 0.222. The lowest BCUT2D eigenvalue weighted by Crippen LogP contribution is -1.97. The predicted octanol–water partition coefficient (Wildman–Crippen LogP) is 3.49. The molecule has 6 heteroatoms. The van der Waals surface area contributed by atoms with Gasteiger partial charge in [0.05, 0.1) is 18.1 Å². The molecule has 1 fully saturated rings. The molecule has 120 valence electrons. The molecule has 0 unspecified atom stereocenters. The Balaban J connectivity index is 1.50. The fourth-order valence-electron chi connectivity index (χ4n) is 2.48. The number of nitrogens with two attached hydrogens (primary N) is 1. The van der Waals surface area contributed by atoms with Gasteiger partial charge in [-0.2, -0.15) is 0 Å². The van der Waals surface area contributed by atoms with Crippen LogP contribution in [0.1, 0.15) is 30.1 Å². The lowest BCUT2D eigenvalue weighted by Gasteiger charge is -2.07. The summed E-state index contributed by atoms with van der Waals surface area (Å²) in [6.45, 7) is 1.89. The van der Waals surface area contributed by atoms with Gasteiger partial charge in [0, 0.05) is 23.2 Å². The molecule has 0 atom stereocenters. The first-order valence-electron chi connectivity index (χ1n) is 7.89. The minimum atomic E-state index is 0.462. The molecule has 1 aromatic carbocycles. The summed E-state index contributed by atoms with van der Waals surface area (Å²) in [5.74, 6) is 2.83. The normalized spacial score (nSPS) is 13.7. The molecule has 6 nitrogen and oxygen atoms in total. The first-order valence-corrected chi connectivity index (χ1v) is 7.89. The Morgan fingerprint density at radius 2 is 1.83 bits per heavy atom. The third kappa shape index (κ3) is 3.17. The summed E-state index contributed by atoms with van der Waals surface area (Å²) in [6.07, 6.45) is 5.89. The van der Waals surface area contributed by atoms with Gasteiger partial charge in [0.2, 0.25) is 5.88 Å². The second kappa shape index (κ2) is 5.88. The average Bonchev–Trinajstić information content (AvgIpc) is 3.40. The molecule has 1 saturated carbocycles. The van der Waals surface area contributed by atoms with Crippen LogP contribution in [-0.2, 0) is 0 Å². The van der Waals surface area contributed by atoms with Crippen LogP contribution in [0.25, 0.3) is 11.4 Å². The Bertz CT molecular complexity index is 837. The Kier molecular flexibility index (Phi) is 3.57. The topological polar surface area (TPSA) is 86.8 Å². The quantitative estimate of drug-likeness (QED) is 0.792. The minimum Gasteiger partial charge on any atom is -0.438 e. The number of aryl methyl sites for hydroxylation is 1. The molecule has 0 bridgehead atoms. The highest BCUT2D eigenvalue weighted by Crippen LogP contribution is 2.38. The molecule has 4 rings (SSSR count). The van der Waals surface area contributed by atoms with Gasteiger partial charge in [-0.3, -0.25) is 4.98 Å². The molecule has 24 heavy (non-hydrogen) atoms. The zero-order valence-electron chi connectivity index (χ0n) is 13.3. The predicted molar refractivity (Wildman–Crippen MR) is 90.7 cm³/mol. The van der Waals surface area contributed by atoms with Gasteiger partial charge in [-0.05, 0) is 44.0 Å². The van der Waals surface area contributed by atoms with Gasteiger partial charge in [0.25, 0.3) is 0 Å². The van der Waals surface area contributed by atoms with Crippen LogP contribution in [0.4, 0.5) is 5.82 Å². The van der Waals surface area contributed by atoms with Crippen LogP contribution in [0.5, 0.6) is 11.6 Å². The van der Waals surface area contributed by atoms with Crippen molar-refractivity contribution in [2.24, 2.45) is 0 Å². The molecular weight excluding hydrogens is 302 g/mol. The maximum atomic E-state index is 5.78. The number of nitrogens with zero attached hydrogens (tertiary/aromatic N) is 4. The summed E-state index contributed by atoms with van der Waals surface area (Å²) < 4.78 is 5.73. The van der Waals surface area contributed by atoms with E-state index in [9.17, 15) is 0 Å². The smallest absolute Gasteiger partial charge is 0.237 e. The van der Waals surface area contributed by atoms with Crippen LogP contribution < -0.4 is 10.5 Å². The minimum absolute atomic E-state index is 0.462. The molecule has 0 amide bonds. The van der Waals surface area contributed by atoms with Gasteiger partial charge < -0.3 is 10.5 Å². The van der Waals surface area contributed by atoms with Crippen molar-refractivity contribution >= 4 is 5.82 Å². The number of hydrogen-bond acceptors (Lipinski definition) is 6. The number of benzene rings is 1. The first kappa shape index (κ1) is 14.6. The third-order valence-electron chi connectivity index (χ3n) is 3.85. The molecule has 2 heterocycles. The molecule has 0 radical (unpaired) electrons. The second-order valence-electron chi connectivity index (χ2n) is 5.94. The van der Waals surface area contributed by atoms with Crippen molar-refractivity contribution in [3.05, 3.63) is 54.1 Å². The average molecular weight is 319 g/mol. The van der Waals surface area contributed by atoms with Crippen molar-refractivity contribution in [2.75, 3.05) is 5.73 Å². The van der Waals surface area contributed by atoms with E-state index in [4.69, 9.17) is 10.5 Å². The van der Waals surface area contributed by atoms with Crippen LogP contribution >= 0.6 is 0 Å². The lowest BCUT2D eigenvalue weighted by atomic mass is 10.2. The Labute approximate surface area is 139 Å². The van der Waals surface area contributed by atoms with Gasteiger partial charge in [0.1, 0.15) is 11.6 Å². The van der Waals surface area contributed by atoms with Gasteiger partial charge in [-0.1, -0.05) is 0 Å². The zero-order chi connectivity index (χ0) is 16.5. The van der Waals surface area contributed by atoms with Crippen molar-refractivity contribution in [2.45, 2.75) is 25.7 Å². The van der Waals surface area contributed by atoms with E-state index in [1.54, 1.807) is 18.5 Å². The van der Waals surface area contributed by atoms with Crippen molar-refractivity contribution < 1.29 is 4.74 Å². The summed E-state index contributed by atoms with van der Waals surface area (Å²) in [7, 11) is 0. The maximum Gasteiger partial charge on any atom is 0.237 e. The summed E-state index contributed by atoms with van der Waals surface area (Å²) in [5.41, 5.74) is 8.54. The van der Waals surface area contributed by atoms with Crippen LogP contribution in [0.15, 0.2) is 42.7 Å². The van der Waals surface area contributed by atoms with Gasteiger partial charge in [-0.15, -0.1) is 0 Å². The monoisotopic (exact) mass is 319 g/mol. The molecule has 0 saturated heterocycles. The molecule has 3 aromatic rings. The van der Waals surface area contributed by atoms with E-state index >= 15 is 0 Å². The number of hydrogen-bond donors (Lipinski definition) is 1. The molecular formula is C18H17N5O. The number of rotatable bonds is 4. The van der Waals surface area contributed by atoms with E-state index in [2.05, 4.69) is 19.9 Å². The Morgan fingerprint density at radius 1 is 1.04 bits per heavy atom. The Hall–Kier alpha value is -3.02. The second-order valence-corrected chi connectivity index (χ2v) is 5.94. The van der Waals surface area contributed by atoms with Crippen molar-refractivity contribution in [1.29, 1.82) is 0 Å². The summed E-state index contributed by atoms with van der Waals surface area (Å²) in [6, 6.07) is 9.25. The van der Waals surface area contributed by atoms with Crippen LogP contribution in [0.3, 0.4) is 0 Å². The van der Waals surface area contributed by atoms with Crippen molar-refractivity contribution in [3.8, 4) is 23.0 Å². The largest absolute Gasteiger partial charge is 0.438 e. The fourth-order valence-corrected chi connectivity index (χ4v) is 2.48. The highest BCUT2D eigenvalue weighted by molar-refractivity contribution is 5.58. The highest BCUT2D eigenvalue weighted by Gasteiger charge is 2.25. The molecule has 2 aromatic heterocycles. The van der Waals surface area contributed by atoms with Gasteiger partial charge in [-0.25, -0.2) is 15.0 Å². The number of ether oxygens (including phenoxy) is 1. The molecule has 1 aliphatic rings. The number of nitrogen functional groups attached to an aromatic ring is 1. The van der Waals surface area contributed by atoms with E-state index in [1.807, 2.05) is 31.2 Å². The summed E-state index contributed by atoms with van der Waals surface area (Å²) in [5, 5.41) is 0. The third-order valence-corrected chi connectivity index (χ3v) is 3.85. The van der Waals surface area contributed by atoms with E-state index in [0.717, 1.165) is 17.0 Å². The van der Waals surface area contributed by atoms with Gasteiger partial charge >= 0.3 is 0 Å². The molecule has 1 aliphatic carbocycles. The van der Waals surface area contributed by atoms with Crippen LogP contribution in [0.2, 0.25) is 0 Å². The molecule has 0 aliphatic heterocycles. The van der Waals surface area contributed by atoms with Gasteiger partial charge in [0.15, 0.2) is 5.82 Å². The van der Waals surface area contributed by atoms with Crippen LogP contribution in [0, 0.1) is 6.92 Å². The standard InChI is InChI=1S/C18H17N5O/c1-11-8-16(19)23-18(22-11)13-4-6-14(7-5-13)24-17-10-20-15(9-21-17)12-2-3-12/h4-10,12H,2-3H2,1H3,(H2,19,22,23). The van der Waals surface area contributed by atoms with Crippen LogP contribution in [-0.4, -0.2) is 19.9 Å². The maximum absolute atomic E-state index is 5.78.